The first kappa shape index (κ1) is 37.7. The van der Waals surface area contributed by atoms with E-state index >= 15 is 0 Å². The summed E-state index contributed by atoms with van der Waals surface area (Å²) in [5.74, 6) is 3.37. The normalized spacial score (nSPS) is 17.3. The minimum absolute atomic E-state index is 0.176. The van der Waals surface area contributed by atoms with Gasteiger partial charge in [0.05, 0.1) is 13.2 Å². The first-order chi connectivity index (χ1) is 25.2. The first-order valence-electron chi connectivity index (χ1n) is 19.0. The van der Waals surface area contributed by atoms with Gasteiger partial charge in [-0.25, -0.2) is 0 Å². The Balaban J connectivity index is 1.02. The number of hydrogen-bond donors (Lipinski definition) is 0. The van der Waals surface area contributed by atoms with Crippen LogP contribution < -0.4 is 18.9 Å². The lowest BCUT2D eigenvalue weighted by Crippen LogP contribution is -2.29. The molecule has 2 unspecified atom stereocenters. The van der Waals surface area contributed by atoms with Gasteiger partial charge < -0.3 is 33.2 Å². The van der Waals surface area contributed by atoms with Gasteiger partial charge in [0.25, 0.3) is 0 Å². The minimum atomic E-state index is -0.201. The van der Waals surface area contributed by atoms with E-state index in [1.165, 1.54) is 35.1 Å². The Bertz CT molecular complexity index is 1520. The van der Waals surface area contributed by atoms with Crippen LogP contribution in [0.3, 0.4) is 0 Å². The third-order valence-corrected chi connectivity index (χ3v) is 10.2. The van der Waals surface area contributed by atoms with E-state index in [1.807, 2.05) is 48.5 Å². The maximum absolute atomic E-state index is 6.31. The molecule has 0 radical (unpaired) electrons. The molecule has 2 aliphatic rings. The van der Waals surface area contributed by atoms with Crippen molar-refractivity contribution >= 4 is 0 Å². The Hall–Kier alpha value is -4.04. The molecule has 2 saturated heterocycles. The van der Waals surface area contributed by atoms with E-state index < -0.39 is 0 Å². The number of unbranched alkanes of at least 4 members (excludes halogenated alkanes) is 3. The van der Waals surface area contributed by atoms with E-state index in [0.29, 0.717) is 33.0 Å². The van der Waals surface area contributed by atoms with E-state index in [4.69, 9.17) is 33.2 Å². The van der Waals surface area contributed by atoms with Crippen LogP contribution in [0, 0.1) is 0 Å². The van der Waals surface area contributed by atoms with Crippen molar-refractivity contribution < 1.29 is 33.2 Å². The molecule has 0 N–H and O–H groups in total. The molecule has 4 aromatic rings. The van der Waals surface area contributed by atoms with E-state index in [-0.39, 0.29) is 29.1 Å². The average Bonchev–Trinajstić information content (AvgIpc) is 4.11. The molecule has 52 heavy (non-hydrogen) atoms. The number of ether oxygens (including phenoxy) is 7. The Labute approximate surface area is 310 Å². The van der Waals surface area contributed by atoms with Gasteiger partial charge in [0.2, 0.25) is 0 Å². The SMILES string of the molecule is CCCCCCOC(COc1ccc(C(C)(C)c2ccc(OCC3CO3)cc2)cc1)COc1ccc(C(C)(C)c2ccc(OCC3CO3)cc2)cc1. The van der Waals surface area contributed by atoms with Crippen LogP contribution in [0.5, 0.6) is 23.0 Å². The molecule has 7 heteroatoms. The lowest BCUT2D eigenvalue weighted by atomic mass is 9.78. The molecule has 0 aliphatic carbocycles. The predicted molar refractivity (Wildman–Crippen MR) is 205 cm³/mol. The summed E-state index contributed by atoms with van der Waals surface area (Å²) < 4.78 is 41.0. The van der Waals surface area contributed by atoms with Gasteiger partial charge in [-0.05, 0) is 77.2 Å². The van der Waals surface area contributed by atoms with Crippen molar-refractivity contribution in [1.29, 1.82) is 0 Å². The van der Waals surface area contributed by atoms with E-state index in [0.717, 1.165) is 49.1 Å². The summed E-state index contributed by atoms with van der Waals surface area (Å²) in [6.45, 7) is 15.5. The minimum Gasteiger partial charge on any atom is -0.491 e. The summed E-state index contributed by atoms with van der Waals surface area (Å²) >= 11 is 0. The summed E-state index contributed by atoms with van der Waals surface area (Å²) in [5.41, 5.74) is 4.52. The molecular formula is C45H56O7. The second kappa shape index (κ2) is 17.7. The Kier molecular flexibility index (Phi) is 12.8. The monoisotopic (exact) mass is 708 g/mol. The molecule has 2 aliphatic heterocycles. The molecular weight excluding hydrogens is 652 g/mol. The molecule has 0 amide bonds. The van der Waals surface area contributed by atoms with Crippen molar-refractivity contribution in [3.8, 4) is 23.0 Å². The molecule has 4 aromatic carbocycles. The lowest BCUT2D eigenvalue weighted by molar-refractivity contribution is -0.00878. The summed E-state index contributed by atoms with van der Waals surface area (Å²) in [7, 11) is 0. The highest BCUT2D eigenvalue weighted by Gasteiger charge is 2.26. The average molecular weight is 709 g/mol. The van der Waals surface area contributed by atoms with Crippen molar-refractivity contribution in [3.05, 3.63) is 119 Å². The molecule has 278 valence electrons. The van der Waals surface area contributed by atoms with Crippen molar-refractivity contribution in [1.82, 2.24) is 0 Å². The highest BCUT2D eigenvalue weighted by atomic mass is 16.6. The van der Waals surface area contributed by atoms with E-state index in [2.05, 4.69) is 83.1 Å². The Morgan fingerprint density at radius 3 is 1.19 bits per heavy atom. The van der Waals surface area contributed by atoms with Gasteiger partial charge in [0.15, 0.2) is 0 Å². The second-order valence-electron chi connectivity index (χ2n) is 15.1. The zero-order chi connectivity index (χ0) is 36.4. The summed E-state index contributed by atoms with van der Waals surface area (Å²) in [6, 6.07) is 33.5. The standard InChI is InChI=1S/C45H56O7/c1-6-7-8-9-26-46-41(27-47-37-18-10-33(11-19-37)44(2,3)35-14-22-39(23-15-35)49-29-42-31-51-42)28-48-38-20-12-34(13-21-38)45(4,5)36-16-24-40(25-17-36)50-30-43-32-52-43/h10-25,41-43H,6-9,26-32H2,1-5H3. The third kappa shape index (κ3) is 10.8. The lowest BCUT2D eigenvalue weighted by Gasteiger charge is -2.27. The van der Waals surface area contributed by atoms with Crippen molar-refractivity contribution in [2.45, 2.75) is 89.4 Å². The van der Waals surface area contributed by atoms with Crippen molar-refractivity contribution in [2.75, 3.05) is 46.2 Å². The number of benzene rings is 4. The number of rotatable bonds is 22. The molecule has 2 atom stereocenters. The van der Waals surface area contributed by atoms with Gasteiger partial charge in [0, 0.05) is 17.4 Å². The Morgan fingerprint density at radius 2 is 0.865 bits per heavy atom. The largest absolute Gasteiger partial charge is 0.491 e. The second-order valence-corrected chi connectivity index (χ2v) is 15.1. The smallest absolute Gasteiger partial charge is 0.125 e. The van der Waals surface area contributed by atoms with Gasteiger partial charge in [-0.3, -0.25) is 0 Å². The molecule has 0 aromatic heterocycles. The van der Waals surface area contributed by atoms with Crippen molar-refractivity contribution in [3.63, 3.8) is 0 Å². The van der Waals surface area contributed by atoms with Gasteiger partial charge >= 0.3 is 0 Å². The van der Waals surface area contributed by atoms with Crippen LogP contribution in [0.1, 0.15) is 82.6 Å². The van der Waals surface area contributed by atoms with E-state index in [1.54, 1.807) is 0 Å². The summed E-state index contributed by atoms with van der Waals surface area (Å²) in [5, 5.41) is 0. The number of epoxide rings is 2. The molecule has 2 heterocycles. The van der Waals surface area contributed by atoms with Crippen LogP contribution in [-0.4, -0.2) is 64.6 Å². The fourth-order valence-electron chi connectivity index (χ4n) is 6.21. The quantitative estimate of drug-likeness (QED) is 0.0595. The highest BCUT2D eigenvalue weighted by molar-refractivity contribution is 5.43. The predicted octanol–water partition coefficient (Wildman–Crippen LogP) is 9.32. The molecule has 6 rings (SSSR count). The first-order valence-corrected chi connectivity index (χ1v) is 19.0. The molecule has 0 saturated carbocycles. The topological polar surface area (TPSA) is 71.2 Å². The molecule has 0 bridgehead atoms. The maximum atomic E-state index is 6.31. The molecule has 2 fully saturated rings. The van der Waals surface area contributed by atoms with Crippen LogP contribution in [0.4, 0.5) is 0 Å². The third-order valence-electron chi connectivity index (χ3n) is 10.2. The molecule has 7 nitrogen and oxygen atoms in total. The highest BCUT2D eigenvalue weighted by Crippen LogP contribution is 2.35. The zero-order valence-corrected chi connectivity index (χ0v) is 31.6. The van der Waals surface area contributed by atoms with Gasteiger partial charge in [-0.15, -0.1) is 0 Å². The maximum Gasteiger partial charge on any atom is 0.125 e. The number of hydrogen-bond acceptors (Lipinski definition) is 7. The van der Waals surface area contributed by atoms with Crippen LogP contribution in [-0.2, 0) is 25.0 Å². The van der Waals surface area contributed by atoms with Crippen LogP contribution >= 0.6 is 0 Å². The van der Waals surface area contributed by atoms with E-state index in [9.17, 15) is 0 Å². The van der Waals surface area contributed by atoms with Gasteiger partial charge in [-0.2, -0.15) is 0 Å². The van der Waals surface area contributed by atoms with Crippen molar-refractivity contribution in [2.24, 2.45) is 0 Å². The van der Waals surface area contributed by atoms with Gasteiger partial charge in [0.1, 0.15) is 67.7 Å². The zero-order valence-electron chi connectivity index (χ0n) is 31.6. The fourth-order valence-corrected chi connectivity index (χ4v) is 6.21. The van der Waals surface area contributed by atoms with Crippen LogP contribution in [0.2, 0.25) is 0 Å². The summed E-state index contributed by atoms with van der Waals surface area (Å²) in [6.07, 6.45) is 4.90. The summed E-state index contributed by atoms with van der Waals surface area (Å²) in [4.78, 5) is 0. The Morgan fingerprint density at radius 1 is 0.519 bits per heavy atom. The molecule has 0 spiro atoms. The van der Waals surface area contributed by atoms with Gasteiger partial charge in [-0.1, -0.05) is 102 Å². The van der Waals surface area contributed by atoms with Crippen LogP contribution in [0.25, 0.3) is 0 Å². The van der Waals surface area contributed by atoms with Crippen LogP contribution in [0.15, 0.2) is 97.1 Å². The fraction of sp³-hybridized carbons (Fsp3) is 0.467.